The molecule has 0 spiro atoms. The first-order valence-corrected chi connectivity index (χ1v) is 7.07. The first-order valence-electron chi connectivity index (χ1n) is 7.07. The first kappa shape index (κ1) is 12.4. The summed E-state index contributed by atoms with van der Waals surface area (Å²) >= 11 is 0. The van der Waals surface area contributed by atoms with Crippen molar-refractivity contribution in [2.45, 2.75) is 38.5 Å². The van der Waals surface area contributed by atoms with Crippen molar-refractivity contribution < 1.29 is 0 Å². The van der Waals surface area contributed by atoms with E-state index in [-0.39, 0.29) is 0 Å². The predicted octanol–water partition coefficient (Wildman–Crippen LogP) is 2.21. The number of benzene rings is 1. The van der Waals surface area contributed by atoms with Gasteiger partial charge >= 0.3 is 0 Å². The van der Waals surface area contributed by atoms with E-state index in [9.17, 15) is 0 Å². The average Bonchev–Trinajstić information content (AvgIpc) is 3.21. The predicted molar refractivity (Wildman–Crippen MR) is 75.5 cm³/mol. The number of hydrogen-bond donors (Lipinski definition) is 1. The Hall–Kier alpha value is -1.68. The van der Waals surface area contributed by atoms with Crippen molar-refractivity contribution in [3.63, 3.8) is 0 Å². The second-order valence-corrected chi connectivity index (χ2v) is 5.13. The second kappa shape index (κ2) is 5.13. The van der Waals surface area contributed by atoms with Crippen LogP contribution >= 0.6 is 0 Å². The molecule has 0 aliphatic heterocycles. The molecule has 0 radical (unpaired) electrons. The molecule has 1 aromatic heterocycles. The molecular formula is C15H20N4. The molecular weight excluding hydrogens is 236 g/mol. The van der Waals surface area contributed by atoms with E-state index in [0.29, 0.717) is 12.5 Å². The normalized spacial score (nSPS) is 14.8. The maximum atomic E-state index is 5.67. The maximum absolute atomic E-state index is 5.67. The van der Waals surface area contributed by atoms with Gasteiger partial charge in [-0.3, -0.25) is 0 Å². The van der Waals surface area contributed by atoms with Gasteiger partial charge in [-0.1, -0.05) is 19.1 Å². The summed E-state index contributed by atoms with van der Waals surface area (Å²) in [6.07, 6.45) is 4.28. The Labute approximate surface area is 113 Å². The first-order chi connectivity index (χ1) is 9.31. The molecule has 0 bridgehead atoms. The number of aryl methyl sites for hydroxylation is 1. The summed E-state index contributed by atoms with van der Waals surface area (Å²) in [6.45, 7) is 2.77. The van der Waals surface area contributed by atoms with Crippen molar-refractivity contribution in [2.75, 3.05) is 6.54 Å². The molecule has 1 aliphatic carbocycles. The summed E-state index contributed by atoms with van der Waals surface area (Å²) < 4.78 is 1.96. The van der Waals surface area contributed by atoms with Crippen LogP contribution in [0.2, 0.25) is 0 Å². The summed E-state index contributed by atoms with van der Waals surface area (Å²) in [4.78, 5) is 4.65. The Bertz CT molecular complexity index is 552. The van der Waals surface area contributed by atoms with Gasteiger partial charge in [0, 0.05) is 12.3 Å². The van der Waals surface area contributed by atoms with Crippen molar-refractivity contribution in [2.24, 2.45) is 5.73 Å². The van der Waals surface area contributed by atoms with E-state index in [1.807, 2.05) is 4.68 Å². The van der Waals surface area contributed by atoms with Gasteiger partial charge in [-0.25, -0.2) is 9.67 Å². The molecule has 2 aromatic rings. The van der Waals surface area contributed by atoms with Gasteiger partial charge in [0.15, 0.2) is 5.82 Å². The smallest absolute Gasteiger partial charge is 0.154 e. The highest BCUT2D eigenvalue weighted by atomic mass is 15.4. The minimum Gasteiger partial charge on any atom is -0.330 e. The largest absolute Gasteiger partial charge is 0.330 e. The van der Waals surface area contributed by atoms with E-state index in [1.54, 1.807) is 0 Å². The lowest BCUT2D eigenvalue weighted by Crippen LogP contribution is -2.09. The lowest BCUT2D eigenvalue weighted by molar-refractivity contribution is 0.769. The van der Waals surface area contributed by atoms with Gasteiger partial charge < -0.3 is 5.73 Å². The van der Waals surface area contributed by atoms with Crippen LogP contribution in [0.1, 0.15) is 42.9 Å². The molecule has 19 heavy (non-hydrogen) atoms. The van der Waals surface area contributed by atoms with Gasteiger partial charge in [-0.2, -0.15) is 5.10 Å². The highest BCUT2D eigenvalue weighted by Crippen LogP contribution is 2.38. The summed E-state index contributed by atoms with van der Waals surface area (Å²) in [5, 5.41) is 4.67. The third kappa shape index (κ3) is 2.54. The van der Waals surface area contributed by atoms with Crippen LogP contribution in [0.4, 0.5) is 0 Å². The summed E-state index contributed by atoms with van der Waals surface area (Å²) in [5.41, 5.74) is 8.10. The third-order valence-electron chi connectivity index (χ3n) is 3.59. The summed E-state index contributed by atoms with van der Waals surface area (Å²) in [7, 11) is 0. The molecule has 1 fully saturated rings. The second-order valence-electron chi connectivity index (χ2n) is 5.13. The monoisotopic (exact) mass is 256 g/mol. The molecule has 0 saturated heterocycles. The zero-order chi connectivity index (χ0) is 13.2. The Morgan fingerprint density at radius 3 is 2.58 bits per heavy atom. The van der Waals surface area contributed by atoms with Crippen LogP contribution in [0.5, 0.6) is 0 Å². The third-order valence-corrected chi connectivity index (χ3v) is 3.59. The van der Waals surface area contributed by atoms with E-state index in [4.69, 9.17) is 5.73 Å². The number of nitrogens with two attached hydrogens (primary N) is 1. The molecule has 0 atom stereocenters. The quantitative estimate of drug-likeness (QED) is 0.892. The maximum Gasteiger partial charge on any atom is 0.154 e. The van der Waals surface area contributed by atoms with E-state index in [1.165, 1.54) is 18.4 Å². The number of nitrogens with zero attached hydrogens (tertiary/aromatic N) is 3. The minimum atomic E-state index is 0.577. The van der Waals surface area contributed by atoms with Gasteiger partial charge in [0.2, 0.25) is 0 Å². The van der Waals surface area contributed by atoms with Crippen LogP contribution in [-0.2, 0) is 12.8 Å². The van der Waals surface area contributed by atoms with Gasteiger partial charge in [0.25, 0.3) is 0 Å². The average molecular weight is 256 g/mol. The minimum absolute atomic E-state index is 0.577. The van der Waals surface area contributed by atoms with Crippen LogP contribution in [0.3, 0.4) is 0 Å². The Morgan fingerprint density at radius 2 is 2.00 bits per heavy atom. The summed E-state index contributed by atoms with van der Waals surface area (Å²) in [6, 6.07) is 8.54. The lowest BCUT2D eigenvalue weighted by atomic mass is 10.1. The molecule has 1 saturated carbocycles. The molecule has 2 N–H and O–H groups in total. The van der Waals surface area contributed by atoms with Crippen LogP contribution in [0, 0.1) is 0 Å². The molecule has 1 aromatic carbocycles. The van der Waals surface area contributed by atoms with E-state index in [0.717, 1.165) is 30.2 Å². The van der Waals surface area contributed by atoms with Crippen LogP contribution < -0.4 is 5.73 Å². The van der Waals surface area contributed by atoms with Crippen LogP contribution in [-0.4, -0.2) is 21.3 Å². The van der Waals surface area contributed by atoms with Gasteiger partial charge in [0.05, 0.1) is 5.69 Å². The van der Waals surface area contributed by atoms with Crippen molar-refractivity contribution in [3.8, 4) is 5.69 Å². The Balaban J connectivity index is 1.96. The number of rotatable bonds is 5. The zero-order valence-electron chi connectivity index (χ0n) is 11.3. The highest BCUT2D eigenvalue weighted by Gasteiger charge is 2.29. The van der Waals surface area contributed by atoms with Gasteiger partial charge in [-0.15, -0.1) is 0 Å². The Morgan fingerprint density at radius 1 is 1.26 bits per heavy atom. The van der Waals surface area contributed by atoms with E-state index < -0.39 is 0 Å². The molecule has 4 nitrogen and oxygen atoms in total. The number of aromatic nitrogens is 3. The molecule has 4 heteroatoms. The van der Waals surface area contributed by atoms with Crippen molar-refractivity contribution >= 4 is 0 Å². The molecule has 0 amide bonds. The van der Waals surface area contributed by atoms with Crippen LogP contribution in [0.25, 0.3) is 5.69 Å². The fraction of sp³-hybridized carbons (Fsp3) is 0.467. The van der Waals surface area contributed by atoms with Crippen LogP contribution in [0.15, 0.2) is 24.3 Å². The SMILES string of the molecule is CCc1ccc(-n2nc(C3CC3)nc2CCN)cc1. The highest BCUT2D eigenvalue weighted by molar-refractivity contribution is 5.35. The van der Waals surface area contributed by atoms with Crippen molar-refractivity contribution in [3.05, 3.63) is 41.5 Å². The summed E-state index contributed by atoms with van der Waals surface area (Å²) in [5.74, 6) is 2.55. The molecule has 0 unspecified atom stereocenters. The molecule has 3 rings (SSSR count). The van der Waals surface area contributed by atoms with Gasteiger partial charge in [0.1, 0.15) is 5.82 Å². The Kier molecular flexibility index (Phi) is 3.34. The molecule has 1 heterocycles. The van der Waals surface area contributed by atoms with Gasteiger partial charge in [-0.05, 0) is 43.5 Å². The number of hydrogen-bond acceptors (Lipinski definition) is 3. The topological polar surface area (TPSA) is 56.7 Å². The van der Waals surface area contributed by atoms with E-state index in [2.05, 4.69) is 41.3 Å². The molecule has 100 valence electrons. The molecule has 1 aliphatic rings. The standard InChI is InChI=1S/C15H20N4/c1-2-11-3-7-13(8-4-11)19-14(9-10-16)17-15(18-19)12-5-6-12/h3-4,7-8,12H,2,5-6,9-10,16H2,1H3. The fourth-order valence-corrected chi connectivity index (χ4v) is 2.25. The zero-order valence-corrected chi connectivity index (χ0v) is 11.3. The van der Waals surface area contributed by atoms with E-state index >= 15 is 0 Å². The van der Waals surface area contributed by atoms with Crippen molar-refractivity contribution in [1.82, 2.24) is 14.8 Å². The fourth-order valence-electron chi connectivity index (χ4n) is 2.25. The lowest BCUT2D eigenvalue weighted by Gasteiger charge is -2.05. The van der Waals surface area contributed by atoms with Crippen molar-refractivity contribution in [1.29, 1.82) is 0 Å².